The number of carboxylic acids is 1. The number of carboxylic acid groups (broad SMARTS) is 1. The number of benzene rings is 1. The van der Waals surface area contributed by atoms with Crippen molar-refractivity contribution in [2.45, 2.75) is 25.4 Å². The Labute approximate surface area is 112 Å². The highest BCUT2D eigenvalue weighted by Gasteiger charge is 2.26. The van der Waals surface area contributed by atoms with Crippen molar-refractivity contribution in [3.8, 4) is 0 Å². The maximum Gasteiger partial charge on any atom is 0.304 e. The molecule has 0 aliphatic carbocycles. The molecule has 0 radical (unpaired) electrons. The fourth-order valence-electron chi connectivity index (χ4n) is 2.29. The van der Waals surface area contributed by atoms with Crippen LogP contribution in [0.25, 0.3) is 0 Å². The number of carbonyl (C=O) groups is 1. The Hall–Kier alpha value is -1.26. The highest BCUT2D eigenvalue weighted by atomic mass is 35.5. The quantitative estimate of drug-likeness (QED) is 0.880. The Balaban J connectivity index is 2.12. The maximum absolute atomic E-state index is 10.8. The first-order valence-corrected chi connectivity index (χ1v) is 6.41. The minimum atomic E-state index is -0.770. The zero-order valence-electron chi connectivity index (χ0n) is 10.3. The molecule has 1 aromatic rings. The van der Waals surface area contributed by atoms with E-state index < -0.39 is 5.97 Å². The number of rotatable bonds is 3. The van der Waals surface area contributed by atoms with E-state index in [1.807, 2.05) is 24.3 Å². The molecule has 1 fully saturated rings. The monoisotopic (exact) mass is 268 g/mol. The lowest BCUT2D eigenvalue weighted by molar-refractivity contribution is -0.137. The van der Waals surface area contributed by atoms with Gasteiger partial charge in [-0.25, -0.2) is 0 Å². The molecule has 1 heterocycles. The van der Waals surface area contributed by atoms with Crippen LogP contribution >= 0.6 is 11.6 Å². The normalized spacial score (nSPS) is 24.0. The smallest absolute Gasteiger partial charge is 0.304 e. The van der Waals surface area contributed by atoms with E-state index in [4.69, 9.17) is 16.7 Å². The lowest BCUT2D eigenvalue weighted by Gasteiger charge is -2.40. The van der Waals surface area contributed by atoms with Crippen LogP contribution in [0.15, 0.2) is 24.3 Å². The molecule has 1 saturated heterocycles. The number of nitrogens with one attached hydrogen (secondary N) is 1. The van der Waals surface area contributed by atoms with Gasteiger partial charge in [-0.2, -0.15) is 0 Å². The summed E-state index contributed by atoms with van der Waals surface area (Å²) in [6, 6.07) is 7.99. The van der Waals surface area contributed by atoms with Gasteiger partial charge >= 0.3 is 5.97 Å². The van der Waals surface area contributed by atoms with Gasteiger partial charge in [0.15, 0.2) is 0 Å². The Morgan fingerprint density at radius 3 is 3.06 bits per heavy atom. The van der Waals surface area contributed by atoms with Gasteiger partial charge in [-0.1, -0.05) is 17.7 Å². The highest BCUT2D eigenvalue weighted by Crippen LogP contribution is 2.23. The van der Waals surface area contributed by atoms with Gasteiger partial charge in [0.25, 0.3) is 0 Å². The topological polar surface area (TPSA) is 52.6 Å². The SMILES string of the molecule is CC1CNC(CC(=O)O)CN1c1cccc(Cl)c1. The van der Waals surface area contributed by atoms with Crippen LogP contribution in [0.2, 0.25) is 5.02 Å². The van der Waals surface area contributed by atoms with E-state index in [2.05, 4.69) is 17.1 Å². The summed E-state index contributed by atoms with van der Waals surface area (Å²) in [6.07, 6.45) is 0.143. The molecule has 1 aliphatic heterocycles. The molecule has 18 heavy (non-hydrogen) atoms. The summed E-state index contributed by atoms with van der Waals surface area (Å²) >= 11 is 6.00. The molecule has 2 N–H and O–H groups in total. The van der Waals surface area contributed by atoms with E-state index in [-0.39, 0.29) is 12.5 Å². The standard InChI is InChI=1S/C13H17ClN2O2/c1-9-7-15-11(6-13(17)18)8-16(9)12-4-2-3-10(14)5-12/h2-5,9,11,15H,6-8H2,1H3,(H,17,18). The molecule has 0 aromatic heterocycles. The molecule has 0 spiro atoms. The summed E-state index contributed by atoms with van der Waals surface area (Å²) in [5, 5.41) is 12.8. The number of nitrogens with zero attached hydrogens (tertiary/aromatic N) is 1. The van der Waals surface area contributed by atoms with Crippen LogP contribution in [0.1, 0.15) is 13.3 Å². The summed E-state index contributed by atoms with van der Waals surface area (Å²) in [7, 11) is 0. The Bertz CT molecular complexity index is 439. The molecule has 0 saturated carbocycles. The highest BCUT2D eigenvalue weighted by molar-refractivity contribution is 6.30. The van der Waals surface area contributed by atoms with Gasteiger partial charge in [-0.15, -0.1) is 0 Å². The number of aliphatic carboxylic acids is 1. The number of hydrogen-bond donors (Lipinski definition) is 2. The second kappa shape index (κ2) is 5.59. The van der Waals surface area contributed by atoms with Crippen LogP contribution in [-0.4, -0.2) is 36.2 Å². The number of halogens is 1. The molecule has 0 bridgehead atoms. The Morgan fingerprint density at radius 2 is 2.39 bits per heavy atom. The zero-order chi connectivity index (χ0) is 13.1. The van der Waals surface area contributed by atoms with Crippen LogP contribution in [-0.2, 0) is 4.79 Å². The number of anilines is 1. The second-order valence-electron chi connectivity index (χ2n) is 4.68. The summed E-state index contributed by atoms with van der Waals surface area (Å²) in [5.41, 5.74) is 1.05. The van der Waals surface area contributed by atoms with Gasteiger partial charge in [0.05, 0.1) is 6.42 Å². The molecular formula is C13H17ClN2O2. The molecule has 98 valence electrons. The fourth-order valence-corrected chi connectivity index (χ4v) is 2.48. The van der Waals surface area contributed by atoms with Gasteiger partial charge in [-0.3, -0.25) is 4.79 Å². The third-order valence-electron chi connectivity index (χ3n) is 3.21. The third kappa shape index (κ3) is 3.15. The van der Waals surface area contributed by atoms with Crippen LogP contribution in [0.5, 0.6) is 0 Å². The third-order valence-corrected chi connectivity index (χ3v) is 3.45. The molecule has 2 rings (SSSR count). The lowest BCUT2D eigenvalue weighted by Crippen LogP contribution is -2.56. The molecule has 0 amide bonds. The van der Waals surface area contributed by atoms with Crippen LogP contribution in [0, 0.1) is 0 Å². The summed E-state index contributed by atoms with van der Waals surface area (Å²) < 4.78 is 0. The van der Waals surface area contributed by atoms with E-state index in [0.29, 0.717) is 17.6 Å². The molecule has 1 aromatic carbocycles. The number of piperazine rings is 1. The molecule has 4 nitrogen and oxygen atoms in total. The Kier molecular flexibility index (Phi) is 4.09. The molecular weight excluding hydrogens is 252 g/mol. The Morgan fingerprint density at radius 1 is 1.61 bits per heavy atom. The van der Waals surface area contributed by atoms with E-state index in [1.165, 1.54) is 0 Å². The molecule has 5 heteroatoms. The van der Waals surface area contributed by atoms with Crippen molar-refractivity contribution < 1.29 is 9.90 Å². The van der Waals surface area contributed by atoms with Gasteiger partial charge in [0.2, 0.25) is 0 Å². The van der Waals surface area contributed by atoms with E-state index in [9.17, 15) is 4.79 Å². The molecule has 2 unspecified atom stereocenters. The molecule has 1 aliphatic rings. The number of hydrogen-bond acceptors (Lipinski definition) is 3. The van der Waals surface area contributed by atoms with Crippen molar-refractivity contribution in [3.63, 3.8) is 0 Å². The first-order chi connectivity index (χ1) is 8.56. The van der Waals surface area contributed by atoms with Gasteiger partial charge in [0.1, 0.15) is 0 Å². The minimum Gasteiger partial charge on any atom is -0.481 e. The average Bonchev–Trinajstić information content (AvgIpc) is 2.31. The largest absolute Gasteiger partial charge is 0.481 e. The van der Waals surface area contributed by atoms with Crippen molar-refractivity contribution in [2.75, 3.05) is 18.0 Å². The van der Waals surface area contributed by atoms with Crippen LogP contribution in [0.4, 0.5) is 5.69 Å². The van der Waals surface area contributed by atoms with Crippen molar-refractivity contribution >= 4 is 23.3 Å². The van der Waals surface area contributed by atoms with Gasteiger partial charge in [0, 0.05) is 35.9 Å². The van der Waals surface area contributed by atoms with Gasteiger partial charge < -0.3 is 15.3 Å². The summed E-state index contributed by atoms with van der Waals surface area (Å²) in [6.45, 7) is 3.59. The first-order valence-electron chi connectivity index (χ1n) is 6.03. The van der Waals surface area contributed by atoms with Gasteiger partial charge in [-0.05, 0) is 25.1 Å². The fraction of sp³-hybridized carbons (Fsp3) is 0.462. The first kappa shape index (κ1) is 13.2. The van der Waals surface area contributed by atoms with Crippen molar-refractivity contribution in [2.24, 2.45) is 0 Å². The van der Waals surface area contributed by atoms with Crippen molar-refractivity contribution in [1.82, 2.24) is 5.32 Å². The second-order valence-corrected chi connectivity index (χ2v) is 5.12. The minimum absolute atomic E-state index is 0.0160. The zero-order valence-corrected chi connectivity index (χ0v) is 11.0. The predicted octanol–water partition coefficient (Wildman–Crippen LogP) is 1.98. The van der Waals surface area contributed by atoms with Crippen LogP contribution < -0.4 is 10.2 Å². The van der Waals surface area contributed by atoms with E-state index in [1.54, 1.807) is 0 Å². The van der Waals surface area contributed by atoms with E-state index >= 15 is 0 Å². The lowest BCUT2D eigenvalue weighted by atomic mass is 10.1. The van der Waals surface area contributed by atoms with Crippen LogP contribution in [0.3, 0.4) is 0 Å². The van der Waals surface area contributed by atoms with Crippen molar-refractivity contribution in [1.29, 1.82) is 0 Å². The average molecular weight is 269 g/mol. The molecule has 2 atom stereocenters. The summed E-state index contributed by atoms with van der Waals surface area (Å²) in [4.78, 5) is 13.0. The van der Waals surface area contributed by atoms with Crippen molar-refractivity contribution in [3.05, 3.63) is 29.3 Å². The predicted molar refractivity (Wildman–Crippen MR) is 72.3 cm³/mol. The maximum atomic E-state index is 10.8. The summed E-state index contributed by atoms with van der Waals surface area (Å²) in [5.74, 6) is -0.770. The van der Waals surface area contributed by atoms with E-state index in [0.717, 1.165) is 12.2 Å².